The van der Waals surface area contributed by atoms with E-state index in [1.54, 1.807) is 6.20 Å². The Hall–Kier alpha value is -2.93. The second kappa shape index (κ2) is 9.26. The minimum atomic E-state index is -0.581. The molecule has 1 aliphatic heterocycles. The number of benzene rings is 1. The van der Waals surface area contributed by atoms with Gasteiger partial charge in [-0.05, 0) is 62.9 Å². The summed E-state index contributed by atoms with van der Waals surface area (Å²) in [5.74, 6) is -0.0306. The van der Waals surface area contributed by atoms with E-state index in [4.69, 9.17) is 10.5 Å². The highest BCUT2D eigenvalue weighted by molar-refractivity contribution is 5.95. The molecule has 7 nitrogen and oxygen atoms in total. The molecular formula is C23H30N4O3. The van der Waals surface area contributed by atoms with Crippen LogP contribution in [0.15, 0.2) is 36.5 Å². The van der Waals surface area contributed by atoms with Crippen molar-refractivity contribution in [3.8, 4) is 11.1 Å². The minimum Gasteiger partial charge on any atom is -0.444 e. The van der Waals surface area contributed by atoms with Gasteiger partial charge in [0.05, 0.1) is 11.7 Å². The Morgan fingerprint density at radius 2 is 2.07 bits per heavy atom. The molecule has 160 valence electrons. The molecule has 2 heterocycles. The zero-order valence-electron chi connectivity index (χ0n) is 17.8. The maximum atomic E-state index is 12.5. The number of hydrogen-bond donors (Lipinski definition) is 3. The number of alkyl carbamates (subject to hydrolysis) is 1. The molecule has 30 heavy (non-hydrogen) atoms. The molecule has 0 fully saturated rings. The standard InChI is InChI=1S/C23H30N4O3/c1-23(2,3)30-22(29)27-18-6-4-5-7-21(28)26-19-12-15(14-24)8-9-17(19)16-10-11-25-20(18)13-16/h8-13,18H,4-7,14,24H2,1-3H3,(H,26,28)(H,27,29)/t18-/m0/s1. The molecular weight excluding hydrogens is 380 g/mol. The van der Waals surface area contributed by atoms with Gasteiger partial charge < -0.3 is 21.1 Å². The van der Waals surface area contributed by atoms with Crippen LogP contribution in [-0.2, 0) is 16.1 Å². The highest BCUT2D eigenvalue weighted by Gasteiger charge is 2.22. The van der Waals surface area contributed by atoms with E-state index in [9.17, 15) is 9.59 Å². The highest BCUT2D eigenvalue weighted by Crippen LogP contribution is 2.32. The summed E-state index contributed by atoms with van der Waals surface area (Å²) in [5, 5.41) is 5.98. The zero-order chi connectivity index (χ0) is 21.7. The molecule has 0 aliphatic carbocycles. The van der Waals surface area contributed by atoms with Crippen molar-refractivity contribution in [2.45, 2.75) is 64.6 Å². The van der Waals surface area contributed by atoms with Crippen LogP contribution < -0.4 is 16.4 Å². The number of nitrogens with two attached hydrogens (primary N) is 1. The van der Waals surface area contributed by atoms with Gasteiger partial charge in [-0.25, -0.2) is 4.79 Å². The summed E-state index contributed by atoms with van der Waals surface area (Å²) in [4.78, 5) is 29.4. The van der Waals surface area contributed by atoms with Crippen LogP contribution in [0.2, 0.25) is 0 Å². The molecule has 0 saturated heterocycles. The summed E-state index contributed by atoms with van der Waals surface area (Å²) >= 11 is 0. The first kappa shape index (κ1) is 21.8. The molecule has 1 aromatic carbocycles. The van der Waals surface area contributed by atoms with Crippen molar-refractivity contribution >= 4 is 17.7 Å². The number of hydrogen-bond acceptors (Lipinski definition) is 5. The summed E-state index contributed by atoms with van der Waals surface area (Å²) in [6.45, 7) is 5.89. The fraction of sp³-hybridized carbons (Fsp3) is 0.435. The van der Waals surface area contributed by atoms with E-state index < -0.39 is 11.7 Å². The quantitative estimate of drug-likeness (QED) is 0.685. The Bertz CT molecular complexity index is 921. The Kier molecular flexibility index (Phi) is 6.72. The molecule has 4 N–H and O–H groups in total. The van der Waals surface area contributed by atoms with Crippen molar-refractivity contribution in [3.63, 3.8) is 0 Å². The SMILES string of the molecule is CC(C)(C)OC(=O)N[C@H]1CCCCC(=O)Nc2cc(CN)ccc2-c2ccnc1c2. The third kappa shape index (κ3) is 5.79. The first-order valence-corrected chi connectivity index (χ1v) is 10.3. The number of amides is 2. The lowest BCUT2D eigenvalue weighted by atomic mass is 9.97. The molecule has 0 spiro atoms. The predicted octanol–water partition coefficient (Wildman–Crippen LogP) is 4.29. The van der Waals surface area contributed by atoms with Crippen molar-refractivity contribution in [3.05, 3.63) is 47.8 Å². The number of nitrogens with one attached hydrogen (secondary N) is 2. The van der Waals surface area contributed by atoms with Crippen molar-refractivity contribution < 1.29 is 14.3 Å². The van der Waals surface area contributed by atoms with Crippen LogP contribution in [0.5, 0.6) is 0 Å². The maximum Gasteiger partial charge on any atom is 0.408 e. The lowest BCUT2D eigenvalue weighted by molar-refractivity contribution is -0.116. The first-order chi connectivity index (χ1) is 14.2. The number of carbonyl (C=O) groups is 2. The van der Waals surface area contributed by atoms with Gasteiger partial charge in [0.25, 0.3) is 0 Å². The number of nitrogens with zero attached hydrogens (tertiary/aromatic N) is 1. The minimum absolute atomic E-state index is 0.0306. The van der Waals surface area contributed by atoms with E-state index in [2.05, 4.69) is 15.6 Å². The van der Waals surface area contributed by atoms with Crippen LogP contribution in [-0.4, -0.2) is 22.6 Å². The van der Waals surface area contributed by atoms with Gasteiger partial charge in [0.2, 0.25) is 5.91 Å². The van der Waals surface area contributed by atoms with Crippen LogP contribution in [0.3, 0.4) is 0 Å². The molecule has 0 radical (unpaired) electrons. The van der Waals surface area contributed by atoms with Gasteiger partial charge in [0, 0.05) is 30.4 Å². The summed E-state index contributed by atoms with van der Waals surface area (Å²) < 4.78 is 5.43. The molecule has 1 aliphatic rings. The predicted molar refractivity (Wildman–Crippen MR) is 117 cm³/mol. The number of carbonyl (C=O) groups excluding carboxylic acids is 2. The Morgan fingerprint density at radius 3 is 2.80 bits per heavy atom. The van der Waals surface area contributed by atoms with Crippen molar-refractivity contribution in [2.24, 2.45) is 5.73 Å². The average molecular weight is 411 g/mol. The zero-order valence-corrected chi connectivity index (χ0v) is 17.8. The van der Waals surface area contributed by atoms with E-state index in [1.165, 1.54) is 0 Å². The average Bonchev–Trinajstić information content (AvgIpc) is 2.68. The van der Waals surface area contributed by atoms with E-state index in [-0.39, 0.29) is 11.9 Å². The largest absolute Gasteiger partial charge is 0.444 e. The third-order valence-electron chi connectivity index (χ3n) is 4.88. The van der Waals surface area contributed by atoms with E-state index >= 15 is 0 Å². The highest BCUT2D eigenvalue weighted by atomic mass is 16.6. The van der Waals surface area contributed by atoms with Crippen molar-refractivity contribution in [1.82, 2.24) is 10.3 Å². The third-order valence-corrected chi connectivity index (χ3v) is 4.88. The van der Waals surface area contributed by atoms with Gasteiger partial charge in [-0.2, -0.15) is 0 Å². The van der Waals surface area contributed by atoms with Crippen LogP contribution in [0.25, 0.3) is 11.1 Å². The van der Waals surface area contributed by atoms with Crippen LogP contribution in [0.4, 0.5) is 10.5 Å². The Labute approximate surface area is 177 Å². The molecule has 7 heteroatoms. The summed E-state index contributed by atoms with van der Waals surface area (Å²) in [6, 6.07) is 9.38. The molecule has 0 unspecified atom stereocenters. The second-order valence-electron chi connectivity index (χ2n) is 8.55. The topological polar surface area (TPSA) is 106 Å². The summed E-state index contributed by atoms with van der Waals surface area (Å²) in [7, 11) is 0. The molecule has 2 bridgehead atoms. The summed E-state index contributed by atoms with van der Waals surface area (Å²) in [5.41, 5.74) is 9.45. The molecule has 2 amide bonds. The van der Waals surface area contributed by atoms with Crippen molar-refractivity contribution in [2.75, 3.05) is 5.32 Å². The van der Waals surface area contributed by atoms with E-state index in [0.29, 0.717) is 25.8 Å². The van der Waals surface area contributed by atoms with Gasteiger partial charge in [-0.3, -0.25) is 9.78 Å². The molecule has 1 atom stereocenters. The number of fused-ring (bicyclic) bond motifs is 4. The molecule has 3 rings (SSSR count). The Balaban J connectivity index is 1.98. The molecule has 2 aromatic rings. The van der Waals surface area contributed by atoms with Gasteiger partial charge in [-0.1, -0.05) is 18.6 Å². The Morgan fingerprint density at radius 1 is 1.27 bits per heavy atom. The summed E-state index contributed by atoms with van der Waals surface area (Å²) in [6.07, 6.45) is 3.81. The lowest BCUT2D eigenvalue weighted by Crippen LogP contribution is -2.35. The number of rotatable bonds is 2. The van der Waals surface area contributed by atoms with Gasteiger partial charge in [-0.15, -0.1) is 0 Å². The van der Waals surface area contributed by atoms with E-state index in [1.807, 2.05) is 51.1 Å². The van der Waals surface area contributed by atoms with Gasteiger partial charge in [0.1, 0.15) is 5.60 Å². The number of aromatic nitrogens is 1. The van der Waals surface area contributed by atoms with Gasteiger partial charge >= 0.3 is 6.09 Å². The normalized spacial score (nSPS) is 17.1. The smallest absolute Gasteiger partial charge is 0.408 e. The van der Waals surface area contributed by atoms with Gasteiger partial charge in [0.15, 0.2) is 0 Å². The number of anilines is 1. The van der Waals surface area contributed by atoms with Crippen LogP contribution in [0, 0.1) is 0 Å². The number of pyridine rings is 1. The lowest BCUT2D eigenvalue weighted by Gasteiger charge is -2.24. The van der Waals surface area contributed by atoms with E-state index in [0.717, 1.165) is 34.5 Å². The molecule has 1 aromatic heterocycles. The monoisotopic (exact) mass is 410 g/mol. The van der Waals surface area contributed by atoms with Crippen LogP contribution >= 0.6 is 0 Å². The van der Waals surface area contributed by atoms with Crippen LogP contribution in [0.1, 0.15) is 63.8 Å². The fourth-order valence-electron chi connectivity index (χ4n) is 3.47. The van der Waals surface area contributed by atoms with Crippen molar-refractivity contribution in [1.29, 1.82) is 0 Å². The first-order valence-electron chi connectivity index (χ1n) is 10.3. The maximum absolute atomic E-state index is 12.5. The second-order valence-corrected chi connectivity index (χ2v) is 8.55. The number of ether oxygens (including phenoxy) is 1. The molecule has 0 saturated carbocycles. The fourth-order valence-corrected chi connectivity index (χ4v) is 3.47.